The first-order valence-electron chi connectivity index (χ1n) is 9.60. The van der Waals surface area contributed by atoms with Crippen molar-refractivity contribution in [3.63, 3.8) is 0 Å². The van der Waals surface area contributed by atoms with Crippen LogP contribution in [0.1, 0.15) is 34.9 Å². The van der Waals surface area contributed by atoms with Crippen molar-refractivity contribution >= 4 is 28.4 Å². The molecule has 1 saturated heterocycles. The molecule has 3 aromatic rings. The Morgan fingerprint density at radius 2 is 1.93 bits per heavy atom. The minimum atomic E-state index is -0.232. The number of imidazole rings is 1. The molecule has 0 atom stereocenters. The Kier molecular flexibility index (Phi) is 5.06. The quantitative estimate of drug-likeness (QED) is 0.698. The number of nitrogens with one attached hydrogen (secondary N) is 2. The van der Waals surface area contributed by atoms with Crippen molar-refractivity contribution in [3.8, 4) is 0 Å². The first kappa shape index (κ1) is 19.1. The fraction of sp³-hybridized carbons (Fsp3) is 0.400. The predicted molar refractivity (Wildman–Crippen MR) is 110 cm³/mol. The van der Waals surface area contributed by atoms with Crippen LogP contribution in [-0.2, 0) is 11.8 Å². The summed E-state index contributed by atoms with van der Waals surface area (Å²) in [5, 5.41) is 5.82. The van der Waals surface area contributed by atoms with E-state index in [9.17, 15) is 9.59 Å². The smallest absolute Gasteiger partial charge is 0.329 e. The fourth-order valence-electron chi connectivity index (χ4n) is 3.70. The van der Waals surface area contributed by atoms with E-state index in [-0.39, 0.29) is 17.6 Å². The van der Waals surface area contributed by atoms with Gasteiger partial charge in [-0.3, -0.25) is 13.9 Å². The lowest BCUT2D eigenvalue weighted by atomic mass is 10.1. The zero-order valence-corrected chi connectivity index (χ0v) is 16.7. The summed E-state index contributed by atoms with van der Waals surface area (Å²) in [6.07, 6.45) is 4.95. The average molecular weight is 396 g/mol. The van der Waals surface area contributed by atoms with Gasteiger partial charge in [-0.2, -0.15) is 0 Å². The summed E-state index contributed by atoms with van der Waals surface area (Å²) in [7, 11) is 3.34. The Hall–Kier alpha value is -3.20. The van der Waals surface area contributed by atoms with Crippen LogP contribution in [0, 0.1) is 6.92 Å². The molecule has 3 aromatic heterocycles. The van der Waals surface area contributed by atoms with E-state index in [0.29, 0.717) is 24.7 Å². The molecule has 2 N–H and O–H groups in total. The number of amides is 1. The van der Waals surface area contributed by atoms with Gasteiger partial charge in [0.25, 0.3) is 5.91 Å². The highest BCUT2D eigenvalue weighted by Crippen LogP contribution is 2.27. The molecule has 1 fully saturated rings. The van der Waals surface area contributed by atoms with Gasteiger partial charge in [0, 0.05) is 39.4 Å². The van der Waals surface area contributed by atoms with Crippen LogP contribution in [0.15, 0.2) is 29.3 Å². The molecule has 29 heavy (non-hydrogen) atoms. The zero-order chi connectivity index (χ0) is 20.5. The highest BCUT2D eigenvalue weighted by atomic mass is 16.5. The van der Waals surface area contributed by atoms with Crippen LogP contribution >= 0.6 is 0 Å². The monoisotopic (exact) mass is 396 g/mol. The van der Waals surface area contributed by atoms with Crippen LogP contribution < -0.4 is 16.3 Å². The predicted octanol–water partition coefficient (Wildman–Crippen LogP) is 1.89. The Bertz CT molecular complexity index is 1130. The lowest BCUT2D eigenvalue weighted by Gasteiger charge is -2.23. The number of aryl methyl sites for hydroxylation is 2. The summed E-state index contributed by atoms with van der Waals surface area (Å²) in [5.41, 5.74) is 3.57. The van der Waals surface area contributed by atoms with Gasteiger partial charge in [-0.25, -0.2) is 14.8 Å². The SMILES string of the molecule is CNC(=O)c1cc(C)c(Nc2cc3c(cn2)n(C)c(=O)n3C2CCOCC2)cn1. The minimum Gasteiger partial charge on any atom is -0.381 e. The Morgan fingerprint density at radius 3 is 2.62 bits per heavy atom. The molecule has 9 nitrogen and oxygen atoms in total. The van der Waals surface area contributed by atoms with Gasteiger partial charge >= 0.3 is 5.69 Å². The van der Waals surface area contributed by atoms with Crippen molar-refractivity contribution in [2.24, 2.45) is 7.05 Å². The molecular formula is C20H24N6O3. The van der Waals surface area contributed by atoms with Crippen LogP contribution in [-0.4, -0.2) is 45.3 Å². The first-order chi connectivity index (χ1) is 14.0. The van der Waals surface area contributed by atoms with E-state index in [2.05, 4.69) is 20.6 Å². The van der Waals surface area contributed by atoms with Crippen LogP contribution in [0.2, 0.25) is 0 Å². The molecule has 1 aliphatic rings. The summed E-state index contributed by atoms with van der Waals surface area (Å²) >= 11 is 0. The molecular weight excluding hydrogens is 372 g/mol. The number of ether oxygens (including phenoxy) is 1. The van der Waals surface area contributed by atoms with Gasteiger partial charge in [-0.15, -0.1) is 0 Å². The highest BCUT2D eigenvalue weighted by molar-refractivity contribution is 5.92. The number of carbonyl (C=O) groups is 1. The standard InChI is InChI=1S/C20H24N6O3/c1-12-8-14(19(27)21-2)22-10-15(12)24-18-9-16-17(11-23-18)25(3)20(28)26(16)13-4-6-29-7-5-13/h8-11,13H,4-7H2,1-3H3,(H,21,27)(H,23,24). The molecule has 0 saturated carbocycles. The lowest BCUT2D eigenvalue weighted by Crippen LogP contribution is -2.29. The van der Waals surface area contributed by atoms with Crippen molar-refractivity contribution in [2.45, 2.75) is 25.8 Å². The number of hydrogen-bond donors (Lipinski definition) is 2. The van der Waals surface area contributed by atoms with Crippen molar-refractivity contribution in [3.05, 3.63) is 46.3 Å². The van der Waals surface area contributed by atoms with Crippen LogP contribution in [0.5, 0.6) is 0 Å². The summed E-state index contributed by atoms with van der Waals surface area (Å²) in [6.45, 7) is 3.22. The number of fused-ring (bicyclic) bond motifs is 1. The Balaban J connectivity index is 1.70. The highest BCUT2D eigenvalue weighted by Gasteiger charge is 2.22. The van der Waals surface area contributed by atoms with Crippen molar-refractivity contribution in [1.29, 1.82) is 0 Å². The molecule has 0 spiro atoms. The summed E-state index contributed by atoms with van der Waals surface area (Å²) in [4.78, 5) is 33.2. The van der Waals surface area contributed by atoms with Crippen molar-refractivity contribution in [2.75, 3.05) is 25.6 Å². The third-order valence-corrected chi connectivity index (χ3v) is 5.36. The normalized spacial score (nSPS) is 14.9. The molecule has 0 unspecified atom stereocenters. The molecule has 1 amide bonds. The summed E-state index contributed by atoms with van der Waals surface area (Å²) in [6, 6.07) is 3.73. The maximum Gasteiger partial charge on any atom is 0.329 e. The van der Waals surface area contributed by atoms with Gasteiger partial charge < -0.3 is 15.4 Å². The number of aromatic nitrogens is 4. The second kappa shape index (κ2) is 7.67. The molecule has 9 heteroatoms. The minimum absolute atomic E-state index is 0.0429. The van der Waals surface area contributed by atoms with E-state index in [4.69, 9.17) is 4.74 Å². The van der Waals surface area contributed by atoms with E-state index < -0.39 is 0 Å². The van der Waals surface area contributed by atoms with Gasteiger partial charge in [0.15, 0.2) is 0 Å². The van der Waals surface area contributed by atoms with Crippen LogP contribution in [0.3, 0.4) is 0 Å². The van der Waals surface area contributed by atoms with E-state index in [1.54, 1.807) is 37.1 Å². The van der Waals surface area contributed by atoms with E-state index in [1.165, 1.54) is 0 Å². The van der Waals surface area contributed by atoms with Crippen LogP contribution in [0.25, 0.3) is 11.0 Å². The van der Waals surface area contributed by atoms with E-state index in [0.717, 1.165) is 35.1 Å². The fourth-order valence-corrected chi connectivity index (χ4v) is 3.70. The maximum absolute atomic E-state index is 12.8. The zero-order valence-electron chi connectivity index (χ0n) is 16.7. The topological polar surface area (TPSA) is 103 Å². The van der Waals surface area contributed by atoms with Gasteiger partial charge in [-0.1, -0.05) is 0 Å². The molecule has 152 valence electrons. The number of rotatable bonds is 4. The number of carbonyl (C=O) groups excluding carboxylic acids is 1. The average Bonchev–Trinajstić information content (AvgIpc) is 2.99. The number of anilines is 2. The molecule has 1 aliphatic heterocycles. The first-order valence-corrected chi connectivity index (χ1v) is 9.60. The Labute approximate surface area is 167 Å². The molecule has 0 radical (unpaired) electrons. The lowest BCUT2D eigenvalue weighted by molar-refractivity contribution is 0.0696. The van der Waals surface area contributed by atoms with Gasteiger partial charge in [0.1, 0.15) is 11.5 Å². The molecule has 0 aromatic carbocycles. The van der Waals surface area contributed by atoms with Crippen molar-refractivity contribution in [1.82, 2.24) is 24.4 Å². The van der Waals surface area contributed by atoms with Gasteiger partial charge in [0.05, 0.1) is 29.1 Å². The van der Waals surface area contributed by atoms with Crippen LogP contribution in [0.4, 0.5) is 11.5 Å². The third kappa shape index (κ3) is 3.49. The largest absolute Gasteiger partial charge is 0.381 e. The molecule has 4 rings (SSSR count). The number of pyridine rings is 2. The van der Waals surface area contributed by atoms with E-state index in [1.807, 2.05) is 17.6 Å². The van der Waals surface area contributed by atoms with Gasteiger partial charge in [0.2, 0.25) is 0 Å². The third-order valence-electron chi connectivity index (χ3n) is 5.36. The summed E-state index contributed by atoms with van der Waals surface area (Å²) in [5.74, 6) is 0.380. The number of nitrogens with zero attached hydrogens (tertiary/aromatic N) is 4. The molecule has 0 aliphatic carbocycles. The second-order valence-electron chi connectivity index (χ2n) is 7.20. The number of hydrogen-bond acceptors (Lipinski definition) is 6. The molecule has 4 heterocycles. The second-order valence-corrected chi connectivity index (χ2v) is 7.20. The maximum atomic E-state index is 12.8. The van der Waals surface area contributed by atoms with E-state index >= 15 is 0 Å². The molecule has 0 bridgehead atoms. The van der Waals surface area contributed by atoms with Crippen molar-refractivity contribution < 1.29 is 9.53 Å². The summed E-state index contributed by atoms with van der Waals surface area (Å²) < 4.78 is 8.93. The van der Waals surface area contributed by atoms with Gasteiger partial charge in [-0.05, 0) is 31.4 Å². The Morgan fingerprint density at radius 1 is 1.17 bits per heavy atom.